The van der Waals surface area contributed by atoms with Crippen LogP contribution in [0.3, 0.4) is 0 Å². The van der Waals surface area contributed by atoms with E-state index in [1.807, 2.05) is 58.9 Å². The summed E-state index contributed by atoms with van der Waals surface area (Å²) in [5, 5.41) is 3.91. The molecule has 1 atom stereocenters. The molecule has 1 heterocycles. The number of aromatic nitrogens is 2. The van der Waals surface area contributed by atoms with Crippen molar-refractivity contribution in [2.75, 3.05) is 19.7 Å². The Bertz CT molecular complexity index is 1230. The van der Waals surface area contributed by atoms with Gasteiger partial charge in [-0.05, 0) is 63.9 Å². The van der Waals surface area contributed by atoms with Gasteiger partial charge >= 0.3 is 12.1 Å². The van der Waals surface area contributed by atoms with Crippen molar-refractivity contribution in [2.45, 2.75) is 52.7 Å². The number of ether oxygens (including phenoxy) is 2. The molecule has 2 amide bonds. The van der Waals surface area contributed by atoms with E-state index in [1.54, 1.807) is 29.4 Å². The molecule has 3 aromatic rings. The summed E-state index contributed by atoms with van der Waals surface area (Å²) in [5.74, 6) is 0.365. The van der Waals surface area contributed by atoms with Crippen LogP contribution in [0.4, 0.5) is 9.59 Å². The molecule has 0 bridgehead atoms. The van der Waals surface area contributed by atoms with Gasteiger partial charge in [-0.2, -0.15) is 0 Å². The van der Waals surface area contributed by atoms with Crippen molar-refractivity contribution >= 4 is 62.9 Å². The lowest BCUT2D eigenvalue weighted by Crippen LogP contribution is -2.37. The van der Waals surface area contributed by atoms with E-state index in [0.29, 0.717) is 33.9 Å². The fraction of sp³-hybridized carbons (Fsp3) is 0.393. The van der Waals surface area contributed by atoms with Gasteiger partial charge in [0.25, 0.3) is 0 Å². The maximum Gasteiger partial charge on any atom is 0.408 e. The van der Waals surface area contributed by atoms with Gasteiger partial charge in [0.1, 0.15) is 18.5 Å². The third-order valence-electron chi connectivity index (χ3n) is 5.14. The zero-order valence-corrected chi connectivity index (χ0v) is 26.9. The van der Waals surface area contributed by atoms with Crippen molar-refractivity contribution in [3.63, 3.8) is 0 Å². The Morgan fingerprint density at radius 3 is 2.35 bits per heavy atom. The molecule has 8 nitrogen and oxygen atoms in total. The van der Waals surface area contributed by atoms with E-state index in [-0.39, 0.29) is 18.7 Å². The fourth-order valence-electron chi connectivity index (χ4n) is 3.38. The predicted molar refractivity (Wildman–Crippen MR) is 164 cm³/mol. The van der Waals surface area contributed by atoms with E-state index < -0.39 is 11.7 Å². The van der Waals surface area contributed by atoms with E-state index in [2.05, 4.69) is 26.2 Å². The Hall–Kier alpha value is -2.46. The number of rotatable bonds is 8. The predicted octanol–water partition coefficient (Wildman–Crippen LogP) is 8.64. The minimum Gasteiger partial charge on any atom is -0.489 e. The van der Waals surface area contributed by atoms with Gasteiger partial charge in [0.2, 0.25) is 0 Å². The minimum absolute atomic E-state index is 0.0812. The number of nitrogens with zero attached hydrogens (tertiary/aromatic N) is 3. The SMILES string of the molecule is CC(NC(=O)OC(C)(C)C)c1cccc(Br)c1.CCCN(CCOc1c(Cl)cc(Cl)cc1Cl)C(=O)n1ccnc1. The first-order valence-electron chi connectivity index (χ1n) is 12.6. The summed E-state index contributed by atoms with van der Waals surface area (Å²) in [4.78, 5) is 29.5. The number of alkyl carbamates (subject to hydrolysis) is 1. The Morgan fingerprint density at radius 2 is 1.80 bits per heavy atom. The zero-order chi connectivity index (χ0) is 29.9. The van der Waals surface area contributed by atoms with Crippen LogP contribution in [0.2, 0.25) is 15.1 Å². The van der Waals surface area contributed by atoms with Crippen LogP contribution in [0, 0.1) is 0 Å². The first-order chi connectivity index (χ1) is 18.8. The van der Waals surface area contributed by atoms with Crippen LogP contribution in [0.1, 0.15) is 52.6 Å². The van der Waals surface area contributed by atoms with Crippen LogP contribution in [-0.2, 0) is 4.74 Å². The smallest absolute Gasteiger partial charge is 0.408 e. The number of hydrogen-bond acceptors (Lipinski definition) is 5. The molecule has 1 aromatic heterocycles. The molecule has 0 radical (unpaired) electrons. The summed E-state index contributed by atoms with van der Waals surface area (Å²) in [6.45, 7) is 10.7. The van der Waals surface area contributed by atoms with Crippen LogP contribution in [0.25, 0.3) is 0 Å². The van der Waals surface area contributed by atoms with Crippen molar-refractivity contribution in [3.05, 3.63) is 80.2 Å². The zero-order valence-electron chi connectivity index (χ0n) is 23.1. The number of benzene rings is 2. The van der Waals surface area contributed by atoms with Gasteiger partial charge in [-0.25, -0.2) is 14.6 Å². The molecule has 0 aliphatic heterocycles. The maximum atomic E-state index is 12.3. The van der Waals surface area contributed by atoms with Gasteiger partial charge in [-0.1, -0.05) is 69.8 Å². The molecule has 12 heteroatoms. The molecule has 1 unspecified atom stereocenters. The van der Waals surface area contributed by atoms with Crippen LogP contribution < -0.4 is 10.1 Å². The highest BCUT2D eigenvalue weighted by Crippen LogP contribution is 2.35. The summed E-state index contributed by atoms with van der Waals surface area (Å²) < 4.78 is 13.2. The number of hydrogen-bond donors (Lipinski definition) is 1. The Balaban J connectivity index is 0.000000294. The lowest BCUT2D eigenvalue weighted by molar-refractivity contribution is 0.0508. The number of imidazole rings is 1. The molecular weight excluding hydrogens is 643 g/mol. The lowest BCUT2D eigenvalue weighted by atomic mass is 10.1. The van der Waals surface area contributed by atoms with Gasteiger partial charge in [0.05, 0.1) is 22.6 Å². The van der Waals surface area contributed by atoms with E-state index in [4.69, 9.17) is 44.3 Å². The van der Waals surface area contributed by atoms with Gasteiger partial charge in [0.15, 0.2) is 5.75 Å². The summed E-state index contributed by atoms with van der Waals surface area (Å²) >= 11 is 21.4. The molecule has 0 saturated heterocycles. The largest absolute Gasteiger partial charge is 0.489 e. The van der Waals surface area contributed by atoms with E-state index in [0.717, 1.165) is 16.5 Å². The molecule has 0 fully saturated rings. The van der Waals surface area contributed by atoms with Crippen molar-refractivity contribution in [3.8, 4) is 5.75 Å². The Morgan fingerprint density at radius 1 is 1.12 bits per heavy atom. The molecule has 3 rings (SSSR count). The summed E-state index contributed by atoms with van der Waals surface area (Å²) in [6.07, 6.45) is 5.08. The molecule has 1 N–H and O–H groups in total. The highest BCUT2D eigenvalue weighted by molar-refractivity contribution is 9.10. The standard InChI is InChI=1S/C15H16Cl3N3O2.C13H18BrNO2/c1-2-4-20(15(22)21-5-3-19-10-21)6-7-23-14-12(17)8-11(16)9-13(14)18;1-9(10-6-5-7-11(14)8-10)15-12(16)17-13(2,3)4/h3,5,8-10H,2,4,6-7H2,1H3;5-9H,1-4H3,(H,15,16). The van der Waals surface area contributed by atoms with Gasteiger partial charge < -0.3 is 19.7 Å². The second-order valence-electron chi connectivity index (χ2n) is 9.71. The third-order valence-corrected chi connectivity index (χ3v) is 6.41. The molecule has 0 aliphatic rings. The van der Waals surface area contributed by atoms with E-state index in [1.165, 1.54) is 10.9 Å². The third kappa shape index (κ3) is 11.6. The highest BCUT2D eigenvalue weighted by atomic mass is 79.9. The molecule has 0 spiro atoms. The summed E-state index contributed by atoms with van der Waals surface area (Å²) in [7, 11) is 0. The van der Waals surface area contributed by atoms with E-state index in [9.17, 15) is 9.59 Å². The first kappa shape index (κ1) is 33.7. The molecule has 40 heavy (non-hydrogen) atoms. The number of amides is 2. The average Bonchev–Trinajstić information content (AvgIpc) is 3.39. The van der Waals surface area contributed by atoms with E-state index >= 15 is 0 Å². The number of carbonyl (C=O) groups excluding carboxylic acids is 2. The van der Waals surface area contributed by atoms with Crippen molar-refractivity contribution in [1.29, 1.82) is 0 Å². The van der Waals surface area contributed by atoms with Gasteiger partial charge in [-0.15, -0.1) is 0 Å². The lowest BCUT2D eigenvalue weighted by Gasteiger charge is -2.22. The molecule has 2 aromatic carbocycles. The minimum atomic E-state index is -0.471. The highest BCUT2D eigenvalue weighted by Gasteiger charge is 2.18. The Kier molecular flexibility index (Phi) is 13.6. The van der Waals surface area contributed by atoms with Crippen molar-refractivity contribution in [2.24, 2.45) is 0 Å². The normalized spacial score (nSPS) is 11.6. The maximum absolute atomic E-state index is 12.3. The first-order valence-corrected chi connectivity index (χ1v) is 14.5. The number of halogens is 4. The second kappa shape index (κ2) is 16.1. The van der Waals surface area contributed by atoms with Crippen molar-refractivity contribution < 1.29 is 19.1 Å². The molecule has 218 valence electrons. The van der Waals surface area contributed by atoms with Crippen LogP contribution in [0.5, 0.6) is 5.75 Å². The van der Waals surface area contributed by atoms with Crippen LogP contribution >= 0.6 is 50.7 Å². The molecular formula is C28H34BrCl3N4O4. The van der Waals surface area contributed by atoms with Crippen LogP contribution in [0.15, 0.2) is 59.6 Å². The Labute approximate surface area is 259 Å². The van der Waals surface area contributed by atoms with Gasteiger partial charge in [0, 0.05) is 28.4 Å². The molecule has 0 aliphatic carbocycles. The topological polar surface area (TPSA) is 85.7 Å². The van der Waals surface area contributed by atoms with Crippen LogP contribution in [-0.4, -0.2) is 51.9 Å². The summed E-state index contributed by atoms with van der Waals surface area (Å²) in [6, 6.07) is 10.7. The fourth-order valence-corrected chi connectivity index (χ4v) is 4.72. The second-order valence-corrected chi connectivity index (χ2v) is 11.9. The quantitative estimate of drug-likeness (QED) is 0.258. The van der Waals surface area contributed by atoms with Crippen molar-refractivity contribution in [1.82, 2.24) is 19.8 Å². The number of carbonyl (C=O) groups is 2. The number of nitrogens with one attached hydrogen (secondary N) is 1. The average molecular weight is 677 g/mol. The monoisotopic (exact) mass is 674 g/mol. The summed E-state index contributed by atoms with van der Waals surface area (Å²) in [5.41, 5.74) is 0.561. The molecule has 0 saturated carbocycles. The van der Waals surface area contributed by atoms with Gasteiger partial charge in [-0.3, -0.25) is 4.57 Å².